The minimum Gasteiger partial charge on any atom is -0.260 e. The van der Waals surface area contributed by atoms with Gasteiger partial charge in [-0.25, -0.2) is 8.78 Å². The summed E-state index contributed by atoms with van der Waals surface area (Å²) in [5, 5.41) is 4.09. The van der Waals surface area contributed by atoms with Crippen LogP contribution in [0, 0.1) is 13.8 Å². The van der Waals surface area contributed by atoms with Gasteiger partial charge in [0.1, 0.15) is 5.69 Å². The van der Waals surface area contributed by atoms with Gasteiger partial charge >= 0.3 is 11.6 Å². The molecule has 7 heteroatoms. The summed E-state index contributed by atoms with van der Waals surface area (Å²) in [6.45, 7) is 4.48. The Morgan fingerprint density at radius 2 is 1.46 bits per heavy atom. The maximum atomic E-state index is 13.1. The van der Waals surface area contributed by atoms with Crippen LogP contribution in [0.5, 0.6) is 0 Å². The van der Waals surface area contributed by atoms with Gasteiger partial charge in [-0.15, -0.1) is 0 Å². The molecule has 1 aromatic heterocycles. The lowest BCUT2D eigenvalue weighted by Crippen LogP contribution is -2.04. The highest BCUT2D eigenvalue weighted by molar-refractivity contribution is 7.51. The third-order valence-electron chi connectivity index (χ3n) is 3.82. The molecular weight excluding hydrogens is 358 g/mol. The molecule has 2 aromatic carbocycles. The van der Waals surface area contributed by atoms with Crippen molar-refractivity contribution in [3.8, 4) is 11.3 Å². The molecule has 0 aliphatic carbocycles. The maximum absolute atomic E-state index is 13.1. The Bertz CT molecular complexity index is 885. The highest BCUT2D eigenvalue weighted by Gasteiger charge is 2.16. The lowest BCUT2D eigenvalue weighted by Gasteiger charge is -2.08. The average molecular weight is 376 g/mol. The van der Waals surface area contributed by atoms with Crippen LogP contribution in [0.25, 0.3) is 11.3 Å². The molecule has 0 saturated carbocycles. The van der Waals surface area contributed by atoms with Crippen LogP contribution in [0.15, 0.2) is 54.6 Å². The van der Waals surface area contributed by atoms with Gasteiger partial charge in [0, 0.05) is 0 Å². The SMILES string of the molecule is Cc1ccc(Cn2nc(C(F)F)cc2-c2ccc(C)cc2)cc1.O=S=O. The average Bonchev–Trinajstić information content (AvgIpc) is 3.02. The van der Waals surface area contributed by atoms with Crippen LogP contribution in [-0.4, -0.2) is 18.2 Å². The highest BCUT2D eigenvalue weighted by atomic mass is 32.1. The minimum atomic E-state index is -2.57. The third kappa shape index (κ3) is 5.16. The number of rotatable bonds is 4. The molecule has 0 unspecified atom stereocenters. The number of alkyl halides is 2. The van der Waals surface area contributed by atoms with Crippen LogP contribution in [0.2, 0.25) is 0 Å². The molecule has 26 heavy (non-hydrogen) atoms. The summed E-state index contributed by atoms with van der Waals surface area (Å²) in [7, 11) is 0. The zero-order chi connectivity index (χ0) is 19.1. The summed E-state index contributed by atoms with van der Waals surface area (Å²) in [6.07, 6.45) is -2.57. The summed E-state index contributed by atoms with van der Waals surface area (Å²) in [5.41, 5.74) is 4.75. The molecule has 0 atom stereocenters. The highest BCUT2D eigenvalue weighted by Crippen LogP contribution is 2.26. The quantitative estimate of drug-likeness (QED) is 0.674. The molecule has 1 heterocycles. The first-order chi connectivity index (χ1) is 12.4. The van der Waals surface area contributed by atoms with Crippen molar-refractivity contribution >= 4 is 11.6 Å². The predicted octanol–water partition coefficient (Wildman–Crippen LogP) is 4.48. The summed E-state index contributed by atoms with van der Waals surface area (Å²) in [6, 6.07) is 17.3. The van der Waals surface area contributed by atoms with Crippen molar-refractivity contribution in [3.63, 3.8) is 0 Å². The number of halogens is 2. The van der Waals surface area contributed by atoms with Crippen molar-refractivity contribution in [2.45, 2.75) is 26.8 Å². The van der Waals surface area contributed by atoms with Crippen molar-refractivity contribution in [3.05, 3.63) is 77.0 Å². The van der Waals surface area contributed by atoms with Crippen molar-refractivity contribution in [1.29, 1.82) is 0 Å². The molecular formula is C19H18F2N2O2S. The Balaban J connectivity index is 0.000000758. The molecule has 4 nitrogen and oxygen atoms in total. The van der Waals surface area contributed by atoms with Crippen molar-refractivity contribution < 1.29 is 17.2 Å². The van der Waals surface area contributed by atoms with E-state index in [4.69, 9.17) is 8.42 Å². The summed E-state index contributed by atoms with van der Waals surface area (Å²) in [4.78, 5) is 0. The van der Waals surface area contributed by atoms with Gasteiger partial charge in [-0.05, 0) is 31.0 Å². The van der Waals surface area contributed by atoms with Gasteiger partial charge in [-0.2, -0.15) is 13.5 Å². The van der Waals surface area contributed by atoms with Gasteiger partial charge in [0.2, 0.25) is 0 Å². The van der Waals surface area contributed by atoms with E-state index in [0.29, 0.717) is 12.2 Å². The maximum Gasteiger partial charge on any atom is 0.335 e. The van der Waals surface area contributed by atoms with Gasteiger partial charge in [0.05, 0.1) is 12.2 Å². The second-order valence-electron chi connectivity index (χ2n) is 5.83. The normalized spacial score (nSPS) is 10.3. The first-order valence-corrected chi connectivity index (χ1v) is 8.51. The van der Waals surface area contributed by atoms with E-state index in [1.54, 1.807) is 4.68 Å². The number of hydrogen-bond donors (Lipinski definition) is 0. The van der Waals surface area contributed by atoms with Gasteiger partial charge in [0.25, 0.3) is 6.43 Å². The number of nitrogens with zero attached hydrogens (tertiary/aromatic N) is 2. The molecule has 0 saturated heterocycles. The third-order valence-corrected chi connectivity index (χ3v) is 3.82. The number of hydrogen-bond acceptors (Lipinski definition) is 3. The standard InChI is InChI=1S/C19H18F2N2.O2S/c1-13-3-7-15(8-4-13)12-23-18(11-17(22-23)19(20)21)16-9-5-14(2)6-10-16;1-3-2/h3-11,19H,12H2,1-2H3;. The molecule has 3 aromatic rings. The molecule has 0 fully saturated rings. The fraction of sp³-hybridized carbons (Fsp3) is 0.211. The first-order valence-electron chi connectivity index (χ1n) is 7.85. The van der Waals surface area contributed by atoms with Crippen molar-refractivity contribution in [2.24, 2.45) is 0 Å². The van der Waals surface area contributed by atoms with E-state index in [9.17, 15) is 8.78 Å². The Hall–Kier alpha value is -2.67. The van der Waals surface area contributed by atoms with Crippen LogP contribution in [0.1, 0.15) is 28.8 Å². The molecule has 0 bridgehead atoms. The molecule has 0 aliphatic heterocycles. The van der Waals surface area contributed by atoms with Crippen LogP contribution >= 0.6 is 0 Å². The van der Waals surface area contributed by atoms with Gasteiger partial charge in [-0.1, -0.05) is 59.7 Å². The molecule has 0 aliphatic rings. The van der Waals surface area contributed by atoms with E-state index in [-0.39, 0.29) is 5.69 Å². The van der Waals surface area contributed by atoms with Crippen LogP contribution < -0.4 is 0 Å². The van der Waals surface area contributed by atoms with Crippen molar-refractivity contribution in [2.75, 3.05) is 0 Å². The Labute approximate surface area is 154 Å². The van der Waals surface area contributed by atoms with E-state index in [0.717, 1.165) is 16.7 Å². The van der Waals surface area contributed by atoms with Gasteiger partial charge < -0.3 is 0 Å². The van der Waals surface area contributed by atoms with E-state index >= 15 is 0 Å². The van der Waals surface area contributed by atoms with E-state index in [2.05, 4.69) is 5.10 Å². The lowest BCUT2D eigenvalue weighted by molar-refractivity contribution is 0.145. The topological polar surface area (TPSA) is 52.0 Å². The Kier molecular flexibility index (Phi) is 6.91. The number of aryl methyl sites for hydroxylation is 2. The zero-order valence-electron chi connectivity index (χ0n) is 14.4. The molecule has 0 radical (unpaired) electrons. The molecule has 0 spiro atoms. The molecule has 0 N–H and O–H groups in total. The Morgan fingerprint density at radius 1 is 0.962 bits per heavy atom. The predicted molar refractivity (Wildman–Crippen MR) is 96.6 cm³/mol. The van der Waals surface area contributed by atoms with Gasteiger partial charge in [-0.3, -0.25) is 4.68 Å². The zero-order valence-corrected chi connectivity index (χ0v) is 15.2. The first kappa shape index (κ1) is 19.7. The number of benzene rings is 2. The summed E-state index contributed by atoms with van der Waals surface area (Å²) in [5.74, 6) is 0. The molecule has 0 amide bonds. The van der Waals surface area contributed by atoms with Crippen molar-refractivity contribution in [1.82, 2.24) is 9.78 Å². The van der Waals surface area contributed by atoms with Gasteiger partial charge in [0.15, 0.2) is 0 Å². The summed E-state index contributed by atoms with van der Waals surface area (Å²) < 4.78 is 44.3. The van der Waals surface area contributed by atoms with Crippen LogP contribution in [0.4, 0.5) is 8.78 Å². The monoisotopic (exact) mass is 376 g/mol. The number of aromatic nitrogens is 2. The van der Waals surface area contributed by atoms with E-state index in [1.165, 1.54) is 11.6 Å². The smallest absolute Gasteiger partial charge is 0.260 e. The lowest BCUT2D eigenvalue weighted by atomic mass is 10.1. The second kappa shape index (κ2) is 9.15. The largest absolute Gasteiger partial charge is 0.335 e. The molecule has 3 rings (SSSR count). The summed E-state index contributed by atoms with van der Waals surface area (Å²) >= 11 is -0.750. The van der Waals surface area contributed by atoms with Crippen LogP contribution in [-0.2, 0) is 18.1 Å². The van der Waals surface area contributed by atoms with E-state index < -0.39 is 18.0 Å². The second-order valence-corrected chi connectivity index (χ2v) is 5.97. The minimum absolute atomic E-state index is 0.187. The van der Waals surface area contributed by atoms with E-state index in [1.807, 2.05) is 62.4 Å². The Morgan fingerprint density at radius 3 is 1.96 bits per heavy atom. The fourth-order valence-electron chi connectivity index (χ4n) is 2.49. The molecule has 136 valence electrons. The fourth-order valence-corrected chi connectivity index (χ4v) is 2.49. The van der Waals surface area contributed by atoms with Crippen LogP contribution in [0.3, 0.4) is 0 Å².